The average Bonchev–Trinajstić information content (AvgIpc) is 3.07. The largest absolute Gasteiger partial charge is 0.461 e. The number of carbonyl (C=O) groups excluding carboxylic acids is 2. The molecule has 1 N–H and O–H groups in total. The van der Waals surface area contributed by atoms with Gasteiger partial charge in [0, 0.05) is 35.9 Å². The van der Waals surface area contributed by atoms with Crippen LogP contribution in [0.25, 0.3) is 0 Å². The first-order chi connectivity index (χ1) is 22.1. The predicted molar refractivity (Wildman–Crippen MR) is 178 cm³/mol. The van der Waals surface area contributed by atoms with Crippen molar-refractivity contribution < 1.29 is 33.3 Å². The van der Waals surface area contributed by atoms with Crippen molar-refractivity contribution in [1.29, 1.82) is 0 Å². The third-order valence-electron chi connectivity index (χ3n) is 8.20. The quantitative estimate of drug-likeness (QED) is 0.0854. The van der Waals surface area contributed by atoms with Crippen molar-refractivity contribution in [3.05, 3.63) is 118 Å². The maximum absolute atomic E-state index is 15.9. The summed E-state index contributed by atoms with van der Waals surface area (Å²) in [5, 5.41) is 12.9. The standard InChI is InChI=1S/C30H37ClFNO6.C6H5Cl/c1-5-13-39-27(35)18-26(21-7-9-24(31)10-8-21)33(19-34)29(37-4)28-20(3)16-23(17-25(28)32)30(36,6-2)22-11-14-38-15-12-22;7-6-4-2-1-3-5-6/h5,7-10,16-17,19,22,26,29,36H,1,6,11-15,18H2,2-4H3;1-5H/t26?,29-,30+;/m1./s1. The van der Waals surface area contributed by atoms with E-state index in [-0.39, 0.29) is 24.5 Å². The van der Waals surface area contributed by atoms with Gasteiger partial charge in [-0.2, -0.15) is 0 Å². The minimum absolute atomic E-state index is 0.0175. The second kappa shape index (κ2) is 18.2. The molecule has 1 amide bonds. The maximum atomic E-state index is 15.9. The van der Waals surface area contributed by atoms with Gasteiger partial charge in [0.1, 0.15) is 12.4 Å². The van der Waals surface area contributed by atoms with Gasteiger partial charge in [0.15, 0.2) is 6.23 Å². The first-order valence-corrected chi connectivity index (χ1v) is 15.9. The molecule has 1 heterocycles. The molecule has 3 aromatic carbocycles. The van der Waals surface area contributed by atoms with Crippen molar-refractivity contribution in [2.45, 2.75) is 57.4 Å². The molecule has 4 rings (SSSR count). The highest BCUT2D eigenvalue weighted by atomic mass is 35.5. The number of aryl methyl sites for hydroxylation is 1. The van der Waals surface area contributed by atoms with E-state index in [9.17, 15) is 14.7 Å². The SMILES string of the molecule is C=CCOC(=O)CC(c1ccc(Cl)cc1)N(C=O)[C@H](OC)c1c(C)cc([C@](O)(CC)C2CCOCC2)cc1F.Clc1ccccc1. The highest BCUT2D eigenvalue weighted by molar-refractivity contribution is 6.30. The minimum Gasteiger partial charge on any atom is -0.461 e. The molecule has 248 valence electrons. The number of ether oxygens (including phenoxy) is 3. The zero-order valence-corrected chi connectivity index (χ0v) is 28.0. The number of aliphatic hydroxyl groups is 1. The third kappa shape index (κ3) is 9.62. The molecule has 1 saturated heterocycles. The lowest BCUT2D eigenvalue weighted by molar-refractivity contribution is -0.148. The molecular weight excluding hydrogens is 632 g/mol. The smallest absolute Gasteiger partial charge is 0.308 e. The van der Waals surface area contributed by atoms with Crippen LogP contribution < -0.4 is 0 Å². The Morgan fingerprint density at radius 1 is 1.13 bits per heavy atom. The van der Waals surface area contributed by atoms with Gasteiger partial charge in [-0.25, -0.2) is 4.39 Å². The number of benzene rings is 3. The Morgan fingerprint density at radius 2 is 1.76 bits per heavy atom. The number of hydrogen-bond donors (Lipinski definition) is 1. The summed E-state index contributed by atoms with van der Waals surface area (Å²) in [7, 11) is 1.37. The molecule has 10 heteroatoms. The molecule has 3 atom stereocenters. The van der Waals surface area contributed by atoms with Gasteiger partial charge in [-0.05, 0) is 79.1 Å². The number of rotatable bonds is 13. The van der Waals surface area contributed by atoms with Crippen LogP contribution in [0.15, 0.2) is 79.4 Å². The summed E-state index contributed by atoms with van der Waals surface area (Å²) >= 11 is 11.6. The maximum Gasteiger partial charge on any atom is 0.308 e. The summed E-state index contributed by atoms with van der Waals surface area (Å²) in [4.78, 5) is 26.4. The molecule has 0 saturated carbocycles. The Bertz CT molecular complexity index is 1390. The van der Waals surface area contributed by atoms with E-state index < -0.39 is 29.7 Å². The molecule has 1 unspecified atom stereocenters. The van der Waals surface area contributed by atoms with Crippen LogP contribution in [-0.2, 0) is 29.4 Å². The molecule has 1 aliphatic heterocycles. The van der Waals surface area contributed by atoms with E-state index in [1.54, 1.807) is 37.3 Å². The Kier molecular flexibility index (Phi) is 14.7. The number of halogens is 3. The Labute approximate surface area is 280 Å². The van der Waals surface area contributed by atoms with E-state index in [1.807, 2.05) is 37.3 Å². The highest BCUT2D eigenvalue weighted by Crippen LogP contribution is 2.42. The number of amides is 1. The van der Waals surface area contributed by atoms with E-state index in [0.29, 0.717) is 60.6 Å². The first kappa shape index (κ1) is 37.2. The molecule has 7 nitrogen and oxygen atoms in total. The van der Waals surface area contributed by atoms with Crippen molar-refractivity contribution >= 4 is 35.6 Å². The Morgan fingerprint density at radius 3 is 2.26 bits per heavy atom. The topological polar surface area (TPSA) is 85.3 Å². The van der Waals surface area contributed by atoms with Crippen molar-refractivity contribution in [2.24, 2.45) is 5.92 Å². The van der Waals surface area contributed by atoms with E-state index in [1.165, 1.54) is 24.2 Å². The molecule has 3 aromatic rings. The average molecular weight is 675 g/mol. The first-order valence-electron chi connectivity index (χ1n) is 15.2. The second-order valence-corrected chi connectivity index (χ2v) is 11.9. The lowest BCUT2D eigenvalue weighted by atomic mass is 9.74. The lowest BCUT2D eigenvalue weighted by Crippen LogP contribution is -2.39. The van der Waals surface area contributed by atoms with Crippen LogP contribution in [0.2, 0.25) is 10.0 Å². The molecule has 0 bridgehead atoms. The fraction of sp³-hybridized carbons (Fsp3) is 0.389. The molecule has 0 aliphatic carbocycles. The number of esters is 1. The van der Waals surface area contributed by atoms with Crippen molar-refractivity contribution in [3.63, 3.8) is 0 Å². The monoisotopic (exact) mass is 673 g/mol. The van der Waals surface area contributed by atoms with Gasteiger partial charge >= 0.3 is 5.97 Å². The summed E-state index contributed by atoms with van der Waals surface area (Å²) in [6.07, 6.45) is 2.38. The molecule has 1 aliphatic rings. The van der Waals surface area contributed by atoms with Crippen molar-refractivity contribution in [1.82, 2.24) is 4.90 Å². The number of methoxy groups -OCH3 is 1. The summed E-state index contributed by atoms with van der Waals surface area (Å²) in [5.74, 6) is -1.25. The molecule has 0 spiro atoms. The Balaban J connectivity index is 0.000000724. The normalized spacial score (nSPS) is 15.8. The van der Waals surface area contributed by atoms with Gasteiger partial charge in [-0.1, -0.05) is 79.2 Å². The van der Waals surface area contributed by atoms with Crippen LogP contribution in [-0.4, -0.2) is 49.3 Å². The second-order valence-electron chi connectivity index (χ2n) is 11.0. The molecule has 0 aromatic heterocycles. The van der Waals surface area contributed by atoms with E-state index >= 15 is 4.39 Å². The zero-order valence-electron chi connectivity index (χ0n) is 26.5. The lowest BCUT2D eigenvalue weighted by Gasteiger charge is -2.39. The summed E-state index contributed by atoms with van der Waals surface area (Å²) in [5.41, 5.74) is 0.495. The Hall–Kier alpha value is -3.27. The predicted octanol–water partition coefficient (Wildman–Crippen LogP) is 8.12. The van der Waals surface area contributed by atoms with Gasteiger partial charge < -0.3 is 24.2 Å². The van der Waals surface area contributed by atoms with Crippen molar-refractivity contribution in [3.8, 4) is 0 Å². The summed E-state index contributed by atoms with van der Waals surface area (Å²) < 4.78 is 32.3. The fourth-order valence-electron chi connectivity index (χ4n) is 5.77. The molecule has 46 heavy (non-hydrogen) atoms. The third-order valence-corrected chi connectivity index (χ3v) is 8.71. The number of carbonyl (C=O) groups is 2. The van der Waals surface area contributed by atoms with Crippen LogP contribution in [0.4, 0.5) is 4.39 Å². The van der Waals surface area contributed by atoms with Gasteiger partial charge in [0.25, 0.3) is 0 Å². The van der Waals surface area contributed by atoms with E-state index in [4.69, 9.17) is 37.4 Å². The van der Waals surface area contributed by atoms with Crippen LogP contribution in [0.1, 0.15) is 67.1 Å². The van der Waals surface area contributed by atoms with Crippen molar-refractivity contribution in [2.75, 3.05) is 26.9 Å². The van der Waals surface area contributed by atoms with E-state index in [2.05, 4.69) is 6.58 Å². The van der Waals surface area contributed by atoms with Crippen LogP contribution in [0.3, 0.4) is 0 Å². The molecule has 1 fully saturated rings. The fourth-order valence-corrected chi connectivity index (χ4v) is 6.04. The summed E-state index contributed by atoms with van der Waals surface area (Å²) in [6, 6.07) is 18.4. The van der Waals surface area contributed by atoms with Gasteiger partial charge in [0.05, 0.1) is 18.1 Å². The van der Waals surface area contributed by atoms with Gasteiger partial charge in [-0.15, -0.1) is 0 Å². The van der Waals surface area contributed by atoms with Gasteiger partial charge in [0.2, 0.25) is 6.41 Å². The zero-order chi connectivity index (χ0) is 33.7. The van der Waals surface area contributed by atoms with Crippen LogP contribution >= 0.6 is 23.2 Å². The van der Waals surface area contributed by atoms with Crippen LogP contribution in [0, 0.1) is 18.7 Å². The van der Waals surface area contributed by atoms with Gasteiger partial charge in [-0.3, -0.25) is 9.59 Å². The van der Waals surface area contributed by atoms with Crippen LogP contribution in [0.5, 0.6) is 0 Å². The number of nitrogens with zero attached hydrogens (tertiary/aromatic N) is 1. The molecule has 0 radical (unpaired) electrons. The summed E-state index contributed by atoms with van der Waals surface area (Å²) in [6.45, 7) is 8.26. The highest BCUT2D eigenvalue weighted by Gasteiger charge is 2.39. The molecular formula is C36H42Cl2FNO6. The number of hydrogen-bond acceptors (Lipinski definition) is 6. The van der Waals surface area contributed by atoms with E-state index in [0.717, 1.165) is 5.02 Å². The minimum atomic E-state index is -1.22.